The smallest absolute Gasteiger partial charge is 0.146 e. The topological polar surface area (TPSA) is 9.23 Å². The van der Waals surface area contributed by atoms with E-state index in [4.69, 9.17) is 4.74 Å². The van der Waals surface area contributed by atoms with Gasteiger partial charge in [0.15, 0.2) is 0 Å². The molecule has 0 amide bonds. The molecule has 0 radical (unpaired) electrons. The maximum atomic E-state index is 4.82. The van der Waals surface area contributed by atoms with E-state index in [1.165, 1.54) is 0 Å². The summed E-state index contributed by atoms with van der Waals surface area (Å²) in [4.78, 5) is 0. The lowest BCUT2D eigenvalue weighted by Gasteiger charge is -2.03. The molecule has 0 aromatic carbocycles. The predicted molar refractivity (Wildman–Crippen MR) is 37.9 cm³/mol. The quantitative estimate of drug-likeness (QED) is 0.468. The summed E-state index contributed by atoms with van der Waals surface area (Å²) in [5.74, 6) is 1.06. The van der Waals surface area contributed by atoms with Gasteiger partial charge in [-0.15, -0.1) is 24.4 Å². The van der Waals surface area contributed by atoms with Gasteiger partial charge in [0.05, 0.1) is 0 Å². The van der Waals surface area contributed by atoms with Crippen molar-refractivity contribution < 1.29 is 4.74 Å². The summed E-state index contributed by atoms with van der Waals surface area (Å²) in [5, 5.41) is 0. The van der Waals surface area contributed by atoms with E-state index in [0.717, 1.165) is 5.75 Å². The van der Waals surface area contributed by atoms with Crippen LogP contribution >= 0.6 is 24.4 Å². The summed E-state index contributed by atoms with van der Waals surface area (Å²) in [6, 6.07) is 0. The van der Waals surface area contributed by atoms with E-state index in [0.29, 0.717) is 0 Å². The Morgan fingerprint density at radius 3 is 2.57 bits per heavy atom. The fraction of sp³-hybridized carbons (Fsp3) is 1.00. The monoisotopic (exact) mass is 138 g/mol. The van der Waals surface area contributed by atoms with Crippen molar-refractivity contribution in [2.75, 3.05) is 12.9 Å². The van der Waals surface area contributed by atoms with E-state index in [1.807, 2.05) is 0 Å². The van der Waals surface area contributed by atoms with Gasteiger partial charge in [-0.2, -0.15) is 0 Å². The Morgan fingerprint density at radius 1 is 1.86 bits per heavy atom. The van der Waals surface area contributed by atoms with Gasteiger partial charge in [0.25, 0.3) is 0 Å². The average molecular weight is 138 g/mol. The second kappa shape index (κ2) is 4.81. The molecule has 0 bridgehead atoms. The van der Waals surface area contributed by atoms with Crippen LogP contribution in [0.3, 0.4) is 0 Å². The van der Waals surface area contributed by atoms with Crippen LogP contribution in [0.25, 0.3) is 0 Å². The summed E-state index contributed by atoms with van der Waals surface area (Å²) >= 11 is 5.72. The fourth-order valence-corrected chi connectivity index (χ4v) is 1.08. The molecule has 0 aliphatic heterocycles. The Kier molecular flexibility index (Phi) is 5.26. The lowest BCUT2D eigenvalue weighted by Crippen LogP contribution is -1.93. The van der Waals surface area contributed by atoms with Crippen LogP contribution in [-0.2, 0) is 4.74 Å². The number of hydrogen-bond donors (Lipinski definition) is 1. The summed E-state index contributed by atoms with van der Waals surface area (Å²) in [7, 11) is 1.65. The first-order valence-corrected chi connectivity index (χ1v) is 3.70. The third kappa shape index (κ3) is 4.51. The zero-order chi connectivity index (χ0) is 5.70. The molecule has 0 fully saturated rings. The molecule has 0 spiro atoms. The van der Waals surface area contributed by atoms with Crippen molar-refractivity contribution in [3.8, 4) is 0 Å². The SMILES string of the molecule is CCSC(S)OC. The van der Waals surface area contributed by atoms with Gasteiger partial charge in [-0.05, 0) is 5.75 Å². The molecule has 0 rings (SSSR count). The Labute approximate surface area is 54.2 Å². The van der Waals surface area contributed by atoms with Crippen molar-refractivity contribution in [3.63, 3.8) is 0 Å². The van der Waals surface area contributed by atoms with Crippen LogP contribution in [0.1, 0.15) is 6.92 Å². The highest BCUT2D eigenvalue weighted by molar-refractivity contribution is 8.10. The minimum absolute atomic E-state index is 0.0602. The zero-order valence-corrected chi connectivity index (χ0v) is 6.26. The maximum absolute atomic E-state index is 4.82. The normalized spacial score (nSPS) is 14.1. The van der Waals surface area contributed by atoms with Crippen molar-refractivity contribution in [1.82, 2.24) is 0 Å². The molecule has 1 nitrogen and oxygen atoms in total. The Balaban J connectivity index is 2.83. The van der Waals surface area contributed by atoms with Crippen LogP contribution in [0.15, 0.2) is 0 Å². The first kappa shape index (κ1) is 7.66. The molecule has 0 saturated heterocycles. The predicted octanol–water partition coefficient (Wildman–Crippen LogP) is 1.60. The van der Waals surface area contributed by atoms with Crippen molar-refractivity contribution in [2.24, 2.45) is 0 Å². The number of ether oxygens (including phenoxy) is 1. The maximum Gasteiger partial charge on any atom is 0.146 e. The van der Waals surface area contributed by atoms with Crippen molar-refractivity contribution in [2.45, 2.75) is 11.7 Å². The minimum atomic E-state index is 0.0602. The zero-order valence-electron chi connectivity index (χ0n) is 4.55. The Morgan fingerprint density at radius 2 is 2.43 bits per heavy atom. The molecule has 1 atom stereocenters. The highest BCUT2D eigenvalue weighted by Gasteiger charge is 1.94. The van der Waals surface area contributed by atoms with E-state index in [9.17, 15) is 0 Å². The van der Waals surface area contributed by atoms with Crippen molar-refractivity contribution >= 4 is 24.4 Å². The van der Waals surface area contributed by atoms with Crippen LogP contribution in [-0.4, -0.2) is 17.6 Å². The van der Waals surface area contributed by atoms with E-state index < -0.39 is 0 Å². The number of hydrogen-bond acceptors (Lipinski definition) is 3. The lowest BCUT2D eigenvalue weighted by molar-refractivity contribution is 0.236. The molecule has 0 aliphatic rings. The molecule has 1 unspecified atom stereocenters. The van der Waals surface area contributed by atoms with Gasteiger partial charge in [-0.3, -0.25) is 0 Å². The molecular weight excluding hydrogens is 128 g/mol. The Hall–Kier alpha value is 0.660. The van der Waals surface area contributed by atoms with Crippen LogP contribution < -0.4 is 0 Å². The van der Waals surface area contributed by atoms with E-state index in [-0.39, 0.29) is 4.77 Å². The van der Waals surface area contributed by atoms with Gasteiger partial charge in [0, 0.05) is 7.11 Å². The number of thiol groups is 1. The molecule has 0 aromatic rings. The highest BCUT2D eigenvalue weighted by Crippen LogP contribution is 2.13. The number of thioether (sulfide) groups is 1. The first-order chi connectivity index (χ1) is 3.31. The standard InChI is InChI=1S/C4H10OS2/c1-3-7-4(6)5-2/h4,6H,3H2,1-2H3. The lowest BCUT2D eigenvalue weighted by atomic mass is 11.0. The second-order valence-electron chi connectivity index (χ2n) is 0.998. The van der Waals surface area contributed by atoms with Crippen molar-refractivity contribution in [3.05, 3.63) is 0 Å². The number of methoxy groups -OCH3 is 1. The molecule has 0 saturated carbocycles. The minimum Gasteiger partial charge on any atom is -0.361 e. The first-order valence-electron chi connectivity index (χ1n) is 2.13. The van der Waals surface area contributed by atoms with Crippen LogP contribution in [0.5, 0.6) is 0 Å². The van der Waals surface area contributed by atoms with Gasteiger partial charge in [-0.25, -0.2) is 0 Å². The van der Waals surface area contributed by atoms with E-state index >= 15 is 0 Å². The molecule has 0 N–H and O–H groups in total. The third-order valence-electron chi connectivity index (χ3n) is 0.511. The molecule has 0 heterocycles. The molecule has 3 heteroatoms. The molecule has 0 aliphatic carbocycles. The van der Waals surface area contributed by atoms with Gasteiger partial charge >= 0.3 is 0 Å². The van der Waals surface area contributed by atoms with Gasteiger partial charge in [0.2, 0.25) is 0 Å². The van der Waals surface area contributed by atoms with E-state index in [1.54, 1.807) is 18.9 Å². The number of rotatable bonds is 3. The molecule has 0 aromatic heterocycles. The van der Waals surface area contributed by atoms with Gasteiger partial charge in [-0.1, -0.05) is 6.92 Å². The van der Waals surface area contributed by atoms with Gasteiger partial charge < -0.3 is 4.74 Å². The highest BCUT2D eigenvalue weighted by atomic mass is 32.2. The second-order valence-corrected chi connectivity index (χ2v) is 3.16. The molecule has 7 heavy (non-hydrogen) atoms. The largest absolute Gasteiger partial charge is 0.361 e. The van der Waals surface area contributed by atoms with Gasteiger partial charge in [0.1, 0.15) is 4.77 Å². The average Bonchev–Trinajstić information content (AvgIpc) is 1.68. The summed E-state index contributed by atoms with van der Waals surface area (Å²) in [6.07, 6.45) is 0. The summed E-state index contributed by atoms with van der Waals surface area (Å²) in [6.45, 7) is 2.08. The van der Waals surface area contributed by atoms with Crippen LogP contribution in [0.4, 0.5) is 0 Å². The van der Waals surface area contributed by atoms with Crippen molar-refractivity contribution in [1.29, 1.82) is 0 Å². The van der Waals surface area contributed by atoms with Crippen LogP contribution in [0.2, 0.25) is 0 Å². The summed E-state index contributed by atoms with van der Waals surface area (Å²) < 4.78 is 4.88. The molecule has 44 valence electrons. The Bertz CT molecular complexity index is 40.7. The van der Waals surface area contributed by atoms with Crippen LogP contribution in [0, 0.1) is 0 Å². The van der Waals surface area contributed by atoms with E-state index in [2.05, 4.69) is 19.6 Å². The fourth-order valence-electron chi connectivity index (χ4n) is 0.211. The molecular formula is C4H10OS2. The summed E-state index contributed by atoms with van der Waals surface area (Å²) in [5.41, 5.74) is 0. The third-order valence-corrected chi connectivity index (χ3v) is 1.98.